The molecule has 0 saturated carbocycles. The molecule has 0 aliphatic carbocycles. The number of ether oxygens (including phenoxy) is 1. The molecule has 9 heteroatoms. The van der Waals surface area contributed by atoms with Gasteiger partial charge >= 0.3 is 6.03 Å². The summed E-state index contributed by atoms with van der Waals surface area (Å²) in [6.45, 7) is 0.414. The lowest BCUT2D eigenvalue weighted by molar-refractivity contribution is -0.0408. The van der Waals surface area contributed by atoms with Crippen molar-refractivity contribution in [1.29, 1.82) is 0 Å². The van der Waals surface area contributed by atoms with E-state index < -0.39 is 24.3 Å². The molecule has 1 saturated heterocycles. The van der Waals surface area contributed by atoms with E-state index in [1.807, 2.05) is 127 Å². The van der Waals surface area contributed by atoms with E-state index in [2.05, 4.69) is 10.2 Å². The Kier molecular flexibility index (Phi) is 9.51. The van der Waals surface area contributed by atoms with Crippen molar-refractivity contribution in [3.8, 4) is 17.0 Å². The maximum Gasteiger partial charge on any atom is 0.321 e. The van der Waals surface area contributed by atoms with Gasteiger partial charge in [-0.15, -0.1) is 0 Å². The summed E-state index contributed by atoms with van der Waals surface area (Å²) in [7, 11) is 1.64. The molecule has 1 aromatic heterocycles. The maximum atomic E-state index is 15.1. The smallest absolute Gasteiger partial charge is 0.321 e. The van der Waals surface area contributed by atoms with Gasteiger partial charge in [0.25, 0.3) is 0 Å². The van der Waals surface area contributed by atoms with E-state index >= 15 is 4.79 Å². The number of carbonyl (C=O) groups is 1. The second-order valence-electron chi connectivity index (χ2n) is 13.0. The zero-order valence-corrected chi connectivity index (χ0v) is 27.9. The molecule has 254 valence electrons. The second-order valence-corrected chi connectivity index (χ2v) is 13.0. The first-order valence-electron chi connectivity index (χ1n) is 16.8. The molecule has 0 unspecified atom stereocenters. The average Bonchev–Trinajstić information content (AvgIpc) is 3.56. The van der Waals surface area contributed by atoms with E-state index in [9.17, 15) is 10.2 Å². The molecule has 7 rings (SSSR count). The lowest BCUT2D eigenvalue weighted by atomic mass is 9.91. The lowest BCUT2D eigenvalue weighted by Gasteiger charge is -2.36. The van der Waals surface area contributed by atoms with Crippen LogP contribution < -0.4 is 10.5 Å². The van der Waals surface area contributed by atoms with Crippen LogP contribution in [0.1, 0.15) is 22.3 Å². The number of methoxy groups -OCH3 is 1. The second kappa shape index (κ2) is 14.5. The summed E-state index contributed by atoms with van der Waals surface area (Å²) in [5.74, 6) is 0.757. The number of nitrogens with two attached hydrogens (primary N) is 1. The molecule has 0 bridgehead atoms. The highest BCUT2D eigenvalue weighted by atomic mass is 16.5. The van der Waals surface area contributed by atoms with Gasteiger partial charge in [0.1, 0.15) is 18.0 Å². The third kappa shape index (κ3) is 6.92. The first kappa shape index (κ1) is 32.9. The Morgan fingerprint density at radius 1 is 0.700 bits per heavy atom. The predicted octanol–water partition coefficient (Wildman–Crippen LogP) is 6.20. The van der Waals surface area contributed by atoms with Crippen LogP contribution in [0.15, 0.2) is 127 Å². The van der Waals surface area contributed by atoms with Crippen LogP contribution in [0.4, 0.5) is 10.5 Å². The van der Waals surface area contributed by atoms with Gasteiger partial charge in [0.05, 0.1) is 30.4 Å². The van der Waals surface area contributed by atoms with Crippen LogP contribution in [0.5, 0.6) is 5.75 Å². The number of aromatic nitrogens is 2. The van der Waals surface area contributed by atoms with E-state index in [4.69, 9.17) is 10.5 Å². The third-order valence-corrected chi connectivity index (χ3v) is 9.65. The number of aromatic amines is 1. The summed E-state index contributed by atoms with van der Waals surface area (Å²) < 4.78 is 5.35. The first-order valence-corrected chi connectivity index (χ1v) is 16.8. The van der Waals surface area contributed by atoms with Crippen molar-refractivity contribution in [3.63, 3.8) is 0 Å². The number of anilines is 1. The quantitative estimate of drug-likeness (QED) is 0.129. The minimum absolute atomic E-state index is 0.203. The molecule has 9 nitrogen and oxygen atoms in total. The molecule has 0 spiro atoms. The van der Waals surface area contributed by atoms with Crippen molar-refractivity contribution in [1.82, 2.24) is 20.0 Å². The molecule has 50 heavy (non-hydrogen) atoms. The molecule has 1 aliphatic heterocycles. The minimum atomic E-state index is -1.23. The summed E-state index contributed by atoms with van der Waals surface area (Å²) >= 11 is 0. The number of hydrogen-bond acceptors (Lipinski definition) is 6. The van der Waals surface area contributed by atoms with Crippen molar-refractivity contribution in [2.75, 3.05) is 12.8 Å². The SMILES string of the molecule is COc1ccc(-c2n[nH]c3ccc(CN4C(=O)N(Cc5cccc(N)c5)[C@H](Cc5ccccc5)[C@H](O)[C@@H](O)[C@H]4Cc4ccccc4)cc23)cc1. The number of nitrogens with zero attached hydrogens (tertiary/aromatic N) is 3. The number of amides is 2. The summed E-state index contributed by atoms with van der Waals surface area (Å²) in [4.78, 5) is 18.5. The van der Waals surface area contributed by atoms with Crippen LogP contribution in [0.25, 0.3) is 22.2 Å². The van der Waals surface area contributed by atoms with E-state index in [1.54, 1.807) is 16.9 Å². The monoisotopic (exact) mass is 667 g/mol. The molecule has 5 N–H and O–H groups in total. The highest BCUT2D eigenvalue weighted by Crippen LogP contribution is 2.32. The van der Waals surface area contributed by atoms with Crippen molar-refractivity contribution >= 4 is 22.6 Å². The summed E-state index contributed by atoms with van der Waals surface area (Å²) in [5, 5.41) is 32.8. The Labute approximate surface area is 291 Å². The summed E-state index contributed by atoms with van der Waals surface area (Å²) in [6.07, 6.45) is -1.73. The predicted molar refractivity (Wildman–Crippen MR) is 195 cm³/mol. The van der Waals surface area contributed by atoms with Gasteiger partial charge in [0.2, 0.25) is 0 Å². The fourth-order valence-electron chi connectivity index (χ4n) is 7.03. The molecular weight excluding hydrogens is 626 g/mol. The van der Waals surface area contributed by atoms with Crippen LogP contribution >= 0.6 is 0 Å². The van der Waals surface area contributed by atoms with Gasteiger partial charge in [0, 0.05) is 29.7 Å². The van der Waals surface area contributed by atoms with Crippen molar-refractivity contribution in [2.45, 2.75) is 50.2 Å². The Morgan fingerprint density at radius 2 is 1.26 bits per heavy atom. The average molecular weight is 668 g/mol. The standard InChI is InChI=1S/C41H41N5O4/c1-50-33-18-16-31(17-19-33)38-34-22-30(15-20-35(34)43-44-38)26-46-37(24-28-11-6-3-7-12-28)40(48)39(47)36(23-27-9-4-2-5-10-27)45(41(46)49)25-29-13-8-14-32(42)21-29/h2-22,36-37,39-40,47-48H,23-26,42H2,1H3,(H,43,44)/t36-,37-,39+,40+/m1/s1. The largest absolute Gasteiger partial charge is 0.497 e. The van der Waals surface area contributed by atoms with Crippen molar-refractivity contribution in [2.24, 2.45) is 0 Å². The van der Waals surface area contributed by atoms with Crippen molar-refractivity contribution in [3.05, 3.63) is 150 Å². The molecular formula is C41H41N5O4. The number of nitrogen functional groups attached to an aromatic ring is 1. The van der Waals surface area contributed by atoms with Gasteiger partial charge in [-0.25, -0.2) is 4.79 Å². The fourth-order valence-corrected chi connectivity index (χ4v) is 7.03. The van der Waals surface area contributed by atoms with Gasteiger partial charge in [-0.1, -0.05) is 78.9 Å². The Hall–Kier alpha value is -5.64. The van der Waals surface area contributed by atoms with E-state index in [0.29, 0.717) is 18.5 Å². The number of nitrogens with one attached hydrogen (secondary N) is 1. The number of aliphatic hydroxyl groups excluding tert-OH is 2. The molecule has 4 atom stereocenters. The number of hydrogen-bond donors (Lipinski definition) is 4. The van der Waals surface area contributed by atoms with E-state index in [-0.39, 0.29) is 19.1 Å². The van der Waals surface area contributed by atoms with Crippen molar-refractivity contribution < 1.29 is 19.7 Å². The number of benzene rings is 5. The highest BCUT2D eigenvalue weighted by molar-refractivity contribution is 5.93. The molecule has 0 radical (unpaired) electrons. The highest BCUT2D eigenvalue weighted by Gasteiger charge is 2.46. The van der Waals surface area contributed by atoms with Crippen LogP contribution in [0, 0.1) is 0 Å². The third-order valence-electron chi connectivity index (χ3n) is 9.65. The van der Waals surface area contributed by atoms with Crippen LogP contribution in [0.2, 0.25) is 0 Å². The van der Waals surface area contributed by atoms with Crippen LogP contribution in [0.3, 0.4) is 0 Å². The molecule has 2 amide bonds. The van der Waals surface area contributed by atoms with Gasteiger partial charge in [-0.2, -0.15) is 5.10 Å². The summed E-state index contributed by atoms with van der Waals surface area (Å²) in [6, 6.07) is 39.0. The van der Waals surface area contributed by atoms with E-state index in [0.717, 1.165) is 50.2 Å². The van der Waals surface area contributed by atoms with Gasteiger partial charge in [0.15, 0.2) is 0 Å². The number of urea groups is 1. The number of rotatable bonds is 10. The maximum absolute atomic E-state index is 15.1. The molecule has 6 aromatic rings. The zero-order valence-electron chi connectivity index (χ0n) is 27.9. The molecule has 2 heterocycles. The molecule has 1 aliphatic rings. The minimum Gasteiger partial charge on any atom is -0.497 e. The number of carbonyl (C=O) groups excluding carboxylic acids is 1. The lowest BCUT2D eigenvalue weighted by Crippen LogP contribution is -2.50. The Balaban J connectivity index is 1.30. The number of H-pyrrole nitrogens is 1. The molecule has 5 aromatic carbocycles. The molecule has 1 fully saturated rings. The van der Waals surface area contributed by atoms with Gasteiger partial charge in [-0.05, 0) is 83.6 Å². The first-order chi connectivity index (χ1) is 24.4. The Morgan fingerprint density at radius 3 is 1.82 bits per heavy atom. The zero-order chi connectivity index (χ0) is 34.6. The number of fused-ring (bicyclic) bond motifs is 1. The number of aliphatic hydroxyl groups is 2. The fraction of sp³-hybridized carbons (Fsp3) is 0.220. The van der Waals surface area contributed by atoms with Crippen LogP contribution in [-0.4, -0.2) is 67.6 Å². The van der Waals surface area contributed by atoms with E-state index in [1.165, 1.54) is 0 Å². The van der Waals surface area contributed by atoms with Gasteiger partial charge < -0.3 is 30.5 Å². The topological polar surface area (TPSA) is 128 Å². The Bertz CT molecular complexity index is 2050. The van der Waals surface area contributed by atoms with Gasteiger partial charge in [-0.3, -0.25) is 5.10 Å². The van der Waals surface area contributed by atoms with Crippen LogP contribution in [-0.2, 0) is 25.9 Å². The summed E-state index contributed by atoms with van der Waals surface area (Å²) in [5.41, 5.74) is 12.9. The normalized spacial score (nSPS) is 19.5.